The number of halogens is 2. The fourth-order valence-corrected chi connectivity index (χ4v) is 3.19. The van der Waals surface area contributed by atoms with Crippen molar-refractivity contribution in [2.24, 2.45) is 11.7 Å². The molecular weight excluding hydrogens is 345 g/mol. The van der Waals surface area contributed by atoms with Gasteiger partial charge < -0.3 is 16.0 Å². The Kier molecular flexibility index (Phi) is 9.06. The number of carbonyl (C=O) groups excluding carboxylic acids is 1. The molecule has 136 valence electrons. The van der Waals surface area contributed by atoms with Gasteiger partial charge in [-0.1, -0.05) is 30.3 Å². The quantitative estimate of drug-likeness (QED) is 0.804. The van der Waals surface area contributed by atoms with E-state index in [4.69, 9.17) is 5.73 Å². The highest BCUT2D eigenvalue weighted by Crippen LogP contribution is 2.30. The summed E-state index contributed by atoms with van der Waals surface area (Å²) >= 11 is 0. The van der Waals surface area contributed by atoms with Crippen LogP contribution in [0.15, 0.2) is 30.3 Å². The van der Waals surface area contributed by atoms with E-state index < -0.39 is 6.04 Å². The summed E-state index contributed by atoms with van der Waals surface area (Å²) in [5.74, 6) is 0.940. The number of nitrogens with one attached hydrogen (secondary N) is 1. The molecule has 6 heteroatoms. The first-order valence-electron chi connectivity index (χ1n) is 8.53. The number of hydrogen-bond donors (Lipinski definition) is 2. The highest BCUT2D eigenvalue weighted by atomic mass is 35.5. The Morgan fingerprint density at radius 1 is 1.12 bits per heavy atom. The minimum atomic E-state index is -0.452. The Morgan fingerprint density at radius 3 is 2.33 bits per heavy atom. The summed E-state index contributed by atoms with van der Waals surface area (Å²) in [5.41, 5.74) is 7.16. The van der Waals surface area contributed by atoms with Crippen LogP contribution in [0.4, 0.5) is 0 Å². The van der Waals surface area contributed by atoms with Crippen LogP contribution in [0.25, 0.3) is 0 Å². The van der Waals surface area contributed by atoms with Crippen molar-refractivity contribution in [3.8, 4) is 0 Å². The van der Waals surface area contributed by atoms with Gasteiger partial charge in [0.15, 0.2) is 0 Å². The Hall–Kier alpha value is -0.810. The van der Waals surface area contributed by atoms with Crippen LogP contribution in [-0.2, 0) is 11.2 Å². The fraction of sp³-hybridized carbons (Fsp3) is 0.611. The molecule has 1 saturated heterocycles. The van der Waals surface area contributed by atoms with Gasteiger partial charge >= 0.3 is 0 Å². The van der Waals surface area contributed by atoms with Gasteiger partial charge in [0.25, 0.3) is 0 Å². The third-order valence-electron chi connectivity index (χ3n) is 4.78. The summed E-state index contributed by atoms with van der Waals surface area (Å²) in [6.07, 6.45) is 5.52. The van der Waals surface area contributed by atoms with E-state index in [2.05, 4.69) is 10.2 Å². The molecule has 4 nitrogen and oxygen atoms in total. The highest BCUT2D eigenvalue weighted by molar-refractivity contribution is 5.85. The number of rotatable bonds is 6. The molecule has 0 spiro atoms. The number of benzene rings is 1. The van der Waals surface area contributed by atoms with Crippen molar-refractivity contribution in [3.05, 3.63) is 35.9 Å². The van der Waals surface area contributed by atoms with Crippen LogP contribution >= 0.6 is 24.8 Å². The van der Waals surface area contributed by atoms with Crippen LogP contribution in [0.5, 0.6) is 0 Å². The second-order valence-electron chi connectivity index (χ2n) is 6.82. The highest BCUT2D eigenvalue weighted by Gasteiger charge is 2.28. The molecule has 3 N–H and O–H groups in total. The first-order valence-corrected chi connectivity index (χ1v) is 8.53. The number of nitrogens with zero attached hydrogens (tertiary/aromatic N) is 1. The van der Waals surface area contributed by atoms with E-state index in [1.807, 2.05) is 30.3 Å². The second-order valence-corrected chi connectivity index (χ2v) is 6.82. The topological polar surface area (TPSA) is 58.4 Å². The maximum Gasteiger partial charge on any atom is 0.237 e. The lowest BCUT2D eigenvalue weighted by atomic mass is 10.0. The normalized spacial score (nSPS) is 19.7. The number of likely N-dealkylation sites (tertiary alicyclic amines) is 1. The van der Waals surface area contributed by atoms with Crippen LogP contribution in [0.2, 0.25) is 0 Å². The largest absolute Gasteiger partial charge is 0.352 e. The zero-order valence-corrected chi connectivity index (χ0v) is 15.7. The van der Waals surface area contributed by atoms with Gasteiger partial charge in [-0.05, 0) is 43.6 Å². The molecular formula is C18H29Cl2N3O. The van der Waals surface area contributed by atoms with Crippen molar-refractivity contribution in [1.29, 1.82) is 0 Å². The molecule has 1 aromatic carbocycles. The molecule has 1 atom stereocenters. The molecule has 0 radical (unpaired) electrons. The lowest BCUT2D eigenvalue weighted by molar-refractivity contribution is -0.123. The van der Waals surface area contributed by atoms with E-state index in [9.17, 15) is 4.79 Å². The molecule has 3 rings (SSSR count). The van der Waals surface area contributed by atoms with Gasteiger partial charge in [0, 0.05) is 25.7 Å². The van der Waals surface area contributed by atoms with Crippen LogP contribution in [0.3, 0.4) is 0 Å². The zero-order chi connectivity index (χ0) is 15.4. The molecule has 0 aromatic heterocycles. The number of carbonyl (C=O) groups is 1. The Morgan fingerprint density at radius 2 is 1.75 bits per heavy atom. The van der Waals surface area contributed by atoms with Gasteiger partial charge in [0.05, 0.1) is 6.04 Å². The molecule has 1 aromatic rings. The van der Waals surface area contributed by atoms with Crippen molar-refractivity contribution < 1.29 is 4.79 Å². The van der Waals surface area contributed by atoms with Crippen LogP contribution in [0.1, 0.15) is 31.2 Å². The molecule has 1 aliphatic carbocycles. The zero-order valence-electron chi connectivity index (χ0n) is 14.0. The number of piperidine rings is 1. The van der Waals surface area contributed by atoms with Crippen LogP contribution in [-0.4, -0.2) is 42.5 Å². The minimum Gasteiger partial charge on any atom is -0.352 e. The third-order valence-corrected chi connectivity index (χ3v) is 4.78. The van der Waals surface area contributed by atoms with Crippen LogP contribution < -0.4 is 11.1 Å². The molecule has 24 heavy (non-hydrogen) atoms. The van der Waals surface area contributed by atoms with Crippen molar-refractivity contribution >= 4 is 30.7 Å². The molecule has 2 fully saturated rings. The predicted molar refractivity (Wildman–Crippen MR) is 103 cm³/mol. The van der Waals surface area contributed by atoms with Crippen molar-refractivity contribution in [3.63, 3.8) is 0 Å². The fourth-order valence-electron chi connectivity index (χ4n) is 3.19. The monoisotopic (exact) mass is 373 g/mol. The Bertz CT molecular complexity index is 488. The molecule has 2 aliphatic rings. The summed E-state index contributed by atoms with van der Waals surface area (Å²) in [7, 11) is 0. The van der Waals surface area contributed by atoms with E-state index in [1.54, 1.807) is 0 Å². The maximum absolute atomic E-state index is 12.2. The summed E-state index contributed by atoms with van der Waals surface area (Å²) in [5, 5.41) is 3.14. The number of amides is 1. The number of hydrogen-bond acceptors (Lipinski definition) is 3. The summed E-state index contributed by atoms with van der Waals surface area (Å²) in [6.45, 7) is 3.47. The summed E-state index contributed by atoms with van der Waals surface area (Å²) in [4.78, 5) is 14.8. The molecule has 1 unspecified atom stereocenters. The number of nitrogens with two attached hydrogens (primary N) is 1. The average Bonchev–Trinajstić information content (AvgIpc) is 3.34. The first kappa shape index (κ1) is 21.2. The Labute approximate surface area is 157 Å². The van der Waals surface area contributed by atoms with Gasteiger partial charge in [-0.15, -0.1) is 24.8 Å². The molecule has 1 heterocycles. The van der Waals surface area contributed by atoms with Crippen molar-refractivity contribution in [1.82, 2.24) is 10.2 Å². The Balaban J connectivity index is 0.00000144. The van der Waals surface area contributed by atoms with Gasteiger partial charge in [-0.3, -0.25) is 4.79 Å². The molecule has 1 amide bonds. The summed E-state index contributed by atoms with van der Waals surface area (Å²) < 4.78 is 0. The van der Waals surface area contributed by atoms with E-state index in [0.29, 0.717) is 12.5 Å². The standard InChI is InChI=1S/C18H27N3O.2ClH/c19-17(12-14-4-2-1-3-5-14)18(22)20-16-8-10-21(11-9-16)13-15-6-7-15;;/h1-5,15-17H,6-13,19H2,(H,20,22);2*1H. The van der Waals surface area contributed by atoms with Gasteiger partial charge in [-0.2, -0.15) is 0 Å². The van der Waals surface area contributed by atoms with Crippen molar-refractivity contribution in [2.75, 3.05) is 19.6 Å². The van der Waals surface area contributed by atoms with E-state index >= 15 is 0 Å². The smallest absolute Gasteiger partial charge is 0.237 e. The van der Waals surface area contributed by atoms with Gasteiger partial charge in [0.1, 0.15) is 0 Å². The lowest BCUT2D eigenvalue weighted by Gasteiger charge is -2.32. The maximum atomic E-state index is 12.2. The molecule has 1 saturated carbocycles. The van der Waals surface area contributed by atoms with Gasteiger partial charge in [0.2, 0.25) is 5.91 Å². The third kappa shape index (κ3) is 6.60. The lowest BCUT2D eigenvalue weighted by Crippen LogP contribution is -2.50. The van der Waals surface area contributed by atoms with E-state index in [1.165, 1.54) is 19.4 Å². The van der Waals surface area contributed by atoms with Crippen molar-refractivity contribution in [2.45, 2.75) is 44.2 Å². The first-order chi connectivity index (χ1) is 10.7. The molecule has 1 aliphatic heterocycles. The SMILES string of the molecule is Cl.Cl.NC(Cc1ccccc1)C(=O)NC1CCN(CC2CC2)CC1. The predicted octanol–water partition coefficient (Wildman–Crippen LogP) is 2.39. The van der Waals surface area contributed by atoms with E-state index in [-0.39, 0.29) is 30.7 Å². The second kappa shape index (κ2) is 10.2. The minimum absolute atomic E-state index is 0. The molecule has 0 bridgehead atoms. The average molecular weight is 374 g/mol. The van der Waals surface area contributed by atoms with Crippen LogP contribution in [0, 0.1) is 5.92 Å². The summed E-state index contributed by atoms with van der Waals surface area (Å²) in [6, 6.07) is 9.82. The van der Waals surface area contributed by atoms with E-state index in [0.717, 1.165) is 37.4 Å². The van der Waals surface area contributed by atoms with Gasteiger partial charge in [-0.25, -0.2) is 0 Å².